The van der Waals surface area contributed by atoms with Crippen LogP contribution in [-0.2, 0) is 16.0 Å². The van der Waals surface area contributed by atoms with Crippen LogP contribution in [0.15, 0.2) is 43.1 Å². The van der Waals surface area contributed by atoms with Crippen molar-refractivity contribution in [3.05, 3.63) is 48.1 Å². The summed E-state index contributed by atoms with van der Waals surface area (Å²) < 4.78 is 64.9. The maximum atomic E-state index is 13.1. The maximum Gasteiger partial charge on any atom is 0.422 e. The quantitative estimate of drug-likeness (QED) is 0.242. The average Bonchev–Trinajstić information content (AvgIpc) is 3.58. The number of anilines is 2. The SMILES string of the molecule is C[C@@H](Cn1cnnn1)Oc1cc(-c2cnc(Nc3cn(C4CC5(C4)CN(C4COCCOC4)C5)nc3OCC(F)(F)F)nc2)ccc1Cl. The van der Waals surface area contributed by atoms with Crippen molar-refractivity contribution >= 4 is 23.2 Å². The Bertz CT molecular complexity index is 1670. The highest BCUT2D eigenvalue weighted by molar-refractivity contribution is 6.32. The third-order valence-electron chi connectivity index (χ3n) is 8.69. The topological polar surface area (TPSA) is 139 Å². The Hall–Kier alpha value is -4.06. The number of aromatic nitrogens is 8. The molecule has 0 amide bonds. The van der Waals surface area contributed by atoms with Crippen molar-refractivity contribution in [3.63, 3.8) is 0 Å². The Morgan fingerprint density at radius 2 is 1.83 bits per heavy atom. The van der Waals surface area contributed by atoms with E-state index < -0.39 is 12.8 Å². The number of rotatable bonds is 11. The van der Waals surface area contributed by atoms with Crippen molar-refractivity contribution < 1.29 is 32.1 Å². The number of nitrogens with zero attached hydrogens (tertiary/aromatic N) is 9. The number of alkyl halides is 3. The van der Waals surface area contributed by atoms with Gasteiger partial charge in [-0.15, -0.1) is 10.2 Å². The first-order valence-corrected chi connectivity index (χ1v) is 15.9. The molecular weight excluding hydrogens is 657 g/mol. The van der Waals surface area contributed by atoms with Crippen molar-refractivity contribution in [3.8, 4) is 22.8 Å². The van der Waals surface area contributed by atoms with Crippen LogP contribution in [0.2, 0.25) is 5.02 Å². The Kier molecular flexibility index (Phi) is 9.10. The van der Waals surface area contributed by atoms with Gasteiger partial charge in [0.1, 0.15) is 23.9 Å². The number of tetrazole rings is 1. The summed E-state index contributed by atoms with van der Waals surface area (Å²) in [6, 6.07) is 5.59. The largest absolute Gasteiger partial charge is 0.487 e. The van der Waals surface area contributed by atoms with Crippen LogP contribution in [0, 0.1) is 5.41 Å². The van der Waals surface area contributed by atoms with Crippen molar-refractivity contribution in [1.29, 1.82) is 0 Å². The van der Waals surface area contributed by atoms with Gasteiger partial charge in [-0.3, -0.25) is 9.58 Å². The molecule has 4 aromatic rings. The van der Waals surface area contributed by atoms with Crippen LogP contribution in [0.4, 0.5) is 24.8 Å². The van der Waals surface area contributed by atoms with E-state index in [1.54, 1.807) is 40.1 Å². The number of benzene rings is 1. The molecule has 1 spiro atoms. The van der Waals surface area contributed by atoms with Crippen LogP contribution in [0.25, 0.3) is 11.1 Å². The standard InChI is InChI=1S/C30H34ClF3N10O4/c1-19(11-43-18-37-40-41-43)48-26-6-20(2-3-24(26)31)21-9-35-28(36-10-21)38-25-12-44(39-27(25)47-17-30(32,33)34)22-7-29(8-22)15-42(16-29)23-13-45-4-5-46-14-23/h2-3,6,9-10,12,18-19,22-23H,4-5,7-8,11,13-17H2,1H3,(H,35,36,38)/t19-/m0/s1. The predicted octanol–water partition coefficient (Wildman–Crippen LogP) is 4.18. The lowest BCUT2D eigenvalue weighted by atomic mass is 9.60. The fourth-order valence-electron chi connectivity index (χ4n) is 6.40. The molecule has 2 aliphatic heterocycles. The van der Waals surface area contributed by atoms with Gasteiger partial charge in [-0.1, -0.05) is 17.7 Å². The Labute approximate surface area is 278 Å². The zero-order valence-corrected chi connectivity index (χ0v) is 26.8. The van der Waals surface area contributed by atoms with E-state index in [4.69, 9.17) is 30.5 Å². The Morgan fingerprint density at radius 1 is 1.08 bits per heavy atom. The summed E-state index contributed by atoms with van der Waals surface area (Å²) in [6.07, 6.45) is 3.28. The summed E-state index contributed by atoms with van der Waals surface area (Å²) in [5.41, 5.74) is 1.84. The van der Waals surface area contributed by atoms with Crippen molar-refractivity contribution in [2.75, 3.05) is 51.4 Å². The lowest BCUT2D eigenvalue weighted by Crippen LogP contribution is -2.66. The molecule has 0 bridgehead atoms. The van der Waals surface area contributed by atoms with E-state index in [2.05, 4.69) is 40.8 Å². The highest BCUT2D eigenvalue weighted by Crippen LogP contribution is 2.55. The molecule has 14 nitrogen and oxygen atoms in total. The minimum Gasteiger partial charge on any atom is -0.487 e. The van der Waals surface area contributed by atoms with Crippen LogP contribution in [0.5, 0.6) is 11.6 Å². The molecule has 48 heavy (non-hydrogen) atoms. The van der Waals surface area contributed by atoms with Gasteiger partial charge in [-0.25, -0.2) is 14.6 Å². The van der Waals surface area contributed by atoms with E-state index in [1.165, 1.54) is 6.33 Å². The molecule has 1 atom stereocenters. The number of likely N-dealkylation sites (tertiary alicyclic amines) is 1. The summed E-state index contributed by atoms with van der Waals surface area (Å²) in [6.45, 7) is 5.26. The van der Waals surface area contributed by atoms with Crippen molar-refractivity contribution in [1.82, 2.24) is 44.9 Å². The molecule has 3 aromatic heterocycles. The van der Waals surface area contributed by atoms with Gasteiger partial charge in [0.2, 0.25) is 5.95 Å². The summed E-state index contributed by atoms with van der Waals surface area (Å²) in [5, 5.41) is 18.9. The van der Waals surface area contributed by atoms with Crippen molar-refractivity contribution in [2.45, 2.75) is 50.7 Å². The van der Waals surface area contributed by atoms with E-state index in [0.29, 0.717) is 49.3 Å². The Balaban J connectivity index is 1.00. The highest BCUT2D eigenvalue weighted by Gasteiger charge is 2.54. The average molecular weight is 691 g/mol. The highest BCUT2D eigenvalue weighted by atomic mass is 35.5. The second-order valence-electron chi connectivity index (χ2n) is 12.5. The molecule has 1 saturated carbocycles. The summed E-state index contributed by atoms with van der Waals surface area (Å²) in [7, 11) is 0. The van der Waals surface area contributed by atoms with E-state index in [-0.39, 0.29) is 41.1 Å². The molecule has 7 rings (SSSR count). The molecular formula is C30H34ClF3N10O4. The summed E-state index contributed by atoms with van der Waals surface area (Å²) in [5.74, 6) is 0.470. The van der Waals surface area contributed by atoms with Gasteiger partial charge in [0.25, 0.3) is 5.88 Å². The number of ether oxygens (including phenoxy) is 4. The third kappa shape index (κ3) is 7.48. The first-order valence-electron chi connectivity index (χ1n) is 15.6. The minimum absolute atomic E-state index is 0.0396. The van der Waals surface area contributed by atoms with Gasteiger partial charge in [-0.2, -0.15) is 13.2 Å². The molecule has 18 heteroatoms. The molecule has 0 unspecified atom stereocenters. The normalized spacial score (nSPS) is 19.4. The Morgan fingerprint density at radius 3 is 2.52 bits per heavy atom. The first kappa shape index (κ1) is 32.5. The number of hydrogen-bond acceptors (Lipinski definition) is 12. The molecule has 3 aliphatic rings. The fourth-order valence-corrected chi connectivity index (χ4v) is 6.56. The second kappa shape index (κ2) is 13.4. The van der Waals surface area contributed by atoms with Crippen LogP contribution >= 0.6 is 11.6 Å². The molecule has 1 aromatic carbocycles. The van der Waals surface area contributed by atoms with Gasteiger partial charge in [0.15, 0.2) is 6.61 Å². The van der Waals surface area contributed by atoms with E-state index >= 15 is 0 Å². The zero-order valence-electron chi connectivity index (χ0n) is 26.0. The smallest absolute Gasteiger partial charge is 0.422 e. The third-order valence-corrected chi connectivity index (χ3v) is 9.01. The van der Waals surface area contributed by atoms with Gasteiger partial charge in [-0.05, 0) is 53.3 Å². The van der Waals surface area contributed by atoms with Gasteiger partial charge in [0.05, 0.1) is 56.3 Å². The molecule has 5 heterocycles. The van der Waals surface area contributed by atoms with E-state index in [9.17, 15) is 13.2 Å². The van der Waals surface area contributed by atoms with Crippen LogP contribution < -0.4 is 14.8 Å². The van der Waals surface area contributed by atoms with E-state index in [0.717, 1.165) is 31.5 Å². The lowest BCUT2D eigenvalue weighted by molar-refractivity contribution is -0.154. The second-order valence-corrected chi connectivity index (χ2v) is 12.9. The van der Waals surface area contributed by atoms with E-state index in [1.807, 2.05) is 13.0 Å². The van der Waals surface area contributed by atoms with Crippen LogP contribution in [-0.4, -0.2) is 109 Å². The summed E-state index contributed by atoms with van der Waals surface area (Å²) >= 11 is 6.39. The molecule has 1 N–H and O–H groups in total. The molecule has 2 saturated heterocycles. The first-order chi connectivity index (χ1) is 23.1. The number of hydrogen-bond donors (Lipinski definition) is 1. The zero-order chi connectivity index (χ0) is 33.3. The number of halogens is 4. The monoisotopic (exact) mass is 690 g/mol. The number of nitrogens with one attached hydrogen (secondary N) is 1. The predicted molar refractivity (Wildman–Crippen MR) is 165 cm³/mol. The fraction of sp³-hybridized carbons (Fsp3) is 0.533. The summed E-state index contributed by atoms with van der Waals surface area (Å²) in [4.78, 5) is 11.2. The van der Waals surface area contributed by atoms with Gasteiger partial charge in [0, 0.05) is 31.0 Å². The van der Waals surface area contributed by atoms with Crippen LogP contribution in [0.3, 0.4) is 0 Å². The molecule has 0 radical (unpaired) electrons. The molecule has 256 valence electrons. The minimum atomic E-state index is -4.52. The molecule has 1 aliphatic carbocycles. The van der Waals surface area contributed by atoms with Gasteiger partial charge < -0.3 is 24.3 Å². The lowest BCUT2D eigenvalue weighted by Gasteiger charge is -2.60. The van der Waals surface area contributed by atoms with Crippen LogP contribution in [0.1, 0.15) is 25.8 Å². The van der Waals surface area contributed by atoms with Gasteiger partial charge >= 0.3 is 6.18 Å². The maximum absolute atomic E-state index is 13.1. The molecule has 3 fully saturated rings. The van der Waals surface area contributed by atoms with Crippen molar-refractivity contribution in [2.24, 2.45) is 5.41 Å².